The lowest BCUT2D eigenvalue weighted by Crippen LogP contribution is -2.51. The molecular weight excluding hydrogens is 422 g/mol. The lowest BCUT2D eigenvalue weighted by Gasteiger charge is -2.30. The third-order valence-electron chi connectivity index (χ3n) is 6.30. The van der Waals surface area contributed by atoms with Crippen molar-refractivity contribution >= 4 is 34.4 Å². The molecule has 1 aliphatic carbocycles. The Kier molecular flexibility index (Phi) is 6.18. The Bertz CT molecular complexity index is 1170. The van der Waals surface area contributed by atoms with E-state index in [1.807, 2.05) is 36.4 Å². The van der Waals surface area contributed by atoms with E-state index < -0.39 is 11.5 Å². The van der Waals surface area contributed by atoms with E-state index in [2.05, 4.69) is 15.8 Å². The number of fused-ring (bicyclic) bond motifs is 1. The van der Waals surface area contributed by atoms with Crippen molar-refractivity contribution in [2.75, 3.05) is 5.32 Å². The molecule has 0 spiro atoms. The molecule has 2 amide bonds. The number of aliphatic carboxylic acids is 1. The van der Waals surface area contributed by atoms with E-state index in [1.54, 1.807) is 12.1 Å². The standard InChI is InChI=1S/C25H27N3O5/c1-25(2,24(31)32)27-22(29)17-9-7-15(8-10-17)16-11-13-18(14-12-16)26-23(30)21-19-5-3-4-6-20(19)28-33-21/h3-6,11-15,17H,7-10H2,1-2H3,(H,26,30)(H,27,29)(H,31,32). The van der Waals surface area contributed by atoms with E-state index >= 15 is 0 Å². The summed E-state index contributed by atoms with van der Waals surface area (Å²) >= 11 is 0. The molecule has 0 saturated heterocycles. The quantitative estimate of drug-likeness (QED) is 0.515. The molecule has 33 heavy (non-hydrogen) atoms. The van der Waals surface area contributed by atoms with Gasteiger partial charge in [-0.1, -0.05) is 29.4 Å². The van der Waals surface area contributed by atoms with Gasteiger partial charge in [0.05, 0.1) is 5.39 Å². The van der Waals surface area contributed by atoms with Crippen LogP contribution in [0.5, 0.6) is 0 Å². The molecular formula is C25H27N3O5. The first-order valence-corrected chi connectivity index (χ1v) is 11.1. The monoisotopic (exact) mass is 449 g/mol. The number of amides is 2. The van der Waals surface area contributed by atoms with Crippen LogP contribution in [0.4, 0.5) is 5.69 Å². The molecule has 0 atom stereocenters. The topological polar surface area (TPSA) is 122 Å². The number of benzene rings is 2. The first-order valence-electron chi connectivity index (χ1n) is 11.1. The molecule has 3 N–H and O–H groups in total. The van der Waals surface area contributed by atoms with Crippen LogP contribution in [0.2, 0.25) is 0 Å². The summed E-state index contributed by atoms with van der Waals surface area (Å²) < 4.78 is 5.21. The molecule has 3 aromatic rings. The zero-order valence-electron chi connectivity index (χ0n) is 18.6. The van der Waals surface area contributed by atoms with Gasteiger partial charge in [-0.05, 0) is 75.3 Å². The van der Waals surface area contributed by atoms with Gasteiger partial charge in [-0.25, -0.2) is 4.79 Å². The zero-order valence-corrected chi connectivity index (χ0v) is 18.6. The lowest BCUT2D eigenvalue weighted by atomic mass is 9.78. The van der Waals surface area contributed by atoms with E-state index in [0.29, 0.717) is 35.3 Å². The molecule has 0 bridgehead atoms. The van der Waals surface area contributed by atoms with Crippen LogP contribution in [0, 0.1) is 5.92 Å². The molecule has 1 heterocycles. The van der Waals surface area contributed by atoms with E-state index in [1.165, 1.54) is 13.8 Å². The number of carboxylic acid groups (broad SMARTS) is 1. The van der Waals surface area contributed by atoms with Gasteiger partial charge in [0, 0.05) is 11.6 Å². The third-order valence-corrected chi connectivity index (χ3v) is 6.30. The van der Waals surface area contributed by atoms with Crippen LogP contribution in [-0.4, -0.2) is 33.6 Å². The Labute approximate surface area is 191 Å². The van der Waals surface area contributed by atoms with Gasteiger partial charge in [0.2, 0.25) is 11.7 Å². The molecule has 1 aliphatic rings. The summed E-state index contributed by atoms with van der Waals surface area (Å²) in [5.74, 6) is -1.27. The molecule has 1 aromatic heterocycles. The summed E-state index contributed by atoms with van der Waals surface area (Å²) in [6.45, 7) is 2.98. The highest BCUT2D eigenvalue weighted by Gasteiger charge is 2.33. The molecule has 8 heteroatoms. The molecule has 0 radical (unpaired) electrons. The predicted molar refractivity (Wildman–Crippen MR) is 123 cm³/mol. The van der Waals surface area contributed by atoms with Crippen molar-refractivity contribution in [2.45, 2.75) is 51.0 Å². The number of carbonyl (C=O) groups is 3. The van der Waals surface area contributed by atoms with Crippen molar-refractivity contribution in [3.05, 3.63) is 59.9 Å². The van der Waals surface area contributed by atoms with Gasteiger partial charge in [0.25, 0.3) is 5.91 Å². The van der Waals surface area contributed by atoms with Crippen molar-refractivity contribution < 1.29 is 24.0 Å². The maximum absolute atomic E-state index is 12.6. The molecule has 172 valence electrons. The molecule has 2 aromatic carbocycles. The van der Waals surface area contributed by atoms with E-state index in [-0.39, 0.29) is 23.5 Å². The fourth-order valence-corrected chi connectivity index (χ4v) is 4.23. The number of hydrogen-bond donors (Lipinski definition) is 3. The highest BCUT2D eigenvalue weighted by atomic mass is 16.5. The highest BCUT2D eigenvalue weighted by Crippen LogP contribution is 2.36. The number of carbonyl (C=O) groups excluding carboxylic acids is 2. The minimum Gasteiger partial charge on any atom is -0.480 e. The maximum Gasteiger partial charge on any atom is 0.328 e. The summed E-state index contributed by atoms with van der Waals surface area (Å²) in [7, 11) is 0. The zero-order chi connectivity index (χ0) is 23.6. The summed E-state index contributed by atoms with van der Waals surface area (Å²) in [4.78, 5) is 36.3. The first-order chi connectivity index (χ1) is 15.7. The number of anilines is 1. The largest absolute Gasteiger partial charge is 0.480 e. The molecule has 0 unspecified atom stereocenters. The van der Waals surface area contributed by atoms with E-state index in [4.69, 9.17) is 4.52 Å². The second-order valence-corrected chi connectivity index (χ2v) is 9.07. The first kappa shape index (κ1) is 22.5. The van der Waals surface area contributed by atoms with Crippen LogP contribution in [-0.2, 0) is 9.59 Å². The minimum absolute atomic E-state index is 0.171. The Morgan fingerprint density at radius 1 is 1.00 bits per heavy atom. The normalized spacial score (nSPS) is 18.6. The van der Waals surface area contributed by atoms with Gasteiger partial charge in [0.15, 0.2) is 0 Å². The van der Waals surface area contributed by atoms with Gasteiger partial charge in [0.1, 0.15) is 11.1 Å². The van der Waals surface area contributed by atoms with Gasteiger partial charge >= 0.3 is 5.97 Å². The number of nitrogens with zero attached hydrogens (tertiary/aromatic N) is 1. The molecule has 8 nitrogen and oxygen atoms in total. The fraction of sp³-hybridized carbons (Fsp3) is 0.360. The van der Waals surface area contributed by atoms with Crippen LogP contribution in [0.25, 0.3) is 10.9 Å². The summed E-state index contributed by atoms with van der Waals surface area (Å²) in [6, 6.07) is 15.0. The predicted octanol–water partition coefficient (Wildman–Crippen LogP) is 4.33. The van der Waals surface area contributed by atoms with E-state index in [0.717, 1.165) is 18.4 Å². The maximum atomic E-state index is 12.6. The summed E-state index contributed by atoms with van der Waals surface area (Å²) in [5.41, 5.74) is 1.18. The van der Waals surface area contributed by atoms with Crippen LogP contribution < -0.4 is 10.6 Å². The molecule has 1 saturated carbocycles. The van der Waals surface area contributed by atoms with Gasteiger partial charge in [-0.15, -0.1) is 0 Å². The van der Waals surface area contributed by atoms with Crippen LogP contribution >= 0.6 is 0 Å². The third kappa shape index (κ3) is 4.89. The fourth-order valence-electron chi connectivity index (χ4n) is 4.23. The number of carboxylic acids is 1. The Balaban J connectivity index is 1.33. The van der Waals surface area contributed by atoms with Gasteiger partial charge in [-0.3, -0.25) is 9.59 Å². The van der Waals surface area contributed by atoms with Gasteiger partial charge < -0.3 is 20.3 Å². The van der Waals surface area contributed by atoms with E-state index in [9.17, 15) is 19.5 Å². The SMILES string of the molecule is CC(C)(NC(=O)C1CCC(c2ccc(NC(=O)c3onc4ccccc34)cc2)CC1)C(=O)O. The average molecular weight is 450 g/mol. The Morgan fingerprint density at radius 3 is 2.33 bits per heavy atom. The number of rotatable bonds is 6. The Hall–Kier alpha value is -3.68. The second-order valence-electron chi connectivity index (χ2n) is 9.07. The smallest absolute Gasteiger partial charge is 0.328 e. The summed E-state index contributed by atoms with van der Waals surface area (Å²) in [6.07, 6.45) is 3.12. The van der Waals surface area contributed by atoms with Gasteiger partial charge in [-0.2, -0.15) is 0 Å². The molecule has 4 rings (SSSR count). The van der Waals surface area contributed by atoms with Crippen LogP contribution in [0.15, 0.2) is 53.1 Å². The van der Waals surface area contributed by atoms with Crippen LogP contribution in [0.1, 0.15) is 61.6 Å². The van der Waals surface area contributed by atoms with Crippen molar-refractivity contribution in [3.63, 3.8) is 0 Å². The van der Waals surface area contributed by atoms with Crippen molar-refractivity contribution in [3.8, 4) is 0 Å². The van der Waals surface area contributed by atoms with Crippen molar-refractivity contribution in [2.24, 2.45) is 5.92 Å². The molecule has 1 fully saturated rings. The highest BCUT2D eigenvalue weighted by molar-refractivity contribution is 6.10. The number of nitrogens with one attached hydrogen (secondary N) is 2. The van der Waals surface area contributed by atoms with Crippen LogP contribution in [0.3, 0.4) is 0 Å². The minimum atomic E-state index is -1.27. The lowest BCUT2D eigenvalue weighted by molar-refractivity contribution is -0.146. The number of hydrogen-bond acceptors (Lipinski definition) is 5. The second kappa shape index (κ2) is 9.05. The summed E-state index contributed by atoms with van der Waals surface area (Å²) in [5, 5.41) is 19.3. The Morgan fingerprint density at radius 2 is 1.67 bits per heavy atom. The van der Waals surface area contributed by atoms with Crippen molar-refractivity contribution in [1.29, 1.82) is 0 Å². The van der Waals surface area contributed by atoms with Crippen molar-refractivity contribution in [1.82, 2.24) is 10.5 Å². The average Bonchev–Trinajstić information content (AvgIpc) is 3.24. The number of aromatic nitrogens is 1. The molecule has 0 aliphatic heterocycles.